The molecule has 0 aliphatic heterocycles. The molecule has 2 rings (SSSR count). The highest BCUT2D eigenvalue weighted by molar-refractivity contribution is 14.0. The van der Waals surface area contributed by atoms with E-state index in [0.717, 1.165) is 11.5 Å². The van der Waals surface area contributed by atoms with Crippen LogP contribution >= 0.6 is 24.0 Å². The molecule has 19 heavy (non-hydrogen) atoms. The molecular formula is C11H17IN6O. The smallest absolute Gasteiger partial charge is 0.191 e. The molecule has 0 aliphatic carbocycles. The third kappa shape index (κ3) is 4.89. The van der Waals surface area contributed by atoms with Crippen LogP contribution in [0, 0.1) is 0 Å². The van der Waals surface area contributed by atoms with Crippen molar-refractivity contribution in [3.8, 4) is 0 Å². The Balaban J connectivity index is 0.00000180. The van der Waals surface area contributed by atoms with Gasteiger partial charge >= 0.3 is 0 Å². The maximum atomic E-state index is 5.22. The summed E-state index contributed by atoms with van der Waals surface area (Å²) in [7, 11) is 3.50. The minimum Gasteiger partial charge on any atom is -0.467 e. The quantitative estimate of drug-likeness (QED) is 0.471. The van der Waals surface area contributed by atoms with E-state index in [1.165, 1.54) is 4.80 Å². The van der Waals surface area contributed by atoms with Gasteiger partial charge in [0.15, 0.2) is 5.96 Å². The Kier molecular flexibility index (Phi) is 6.33. The number of hydrogen-bond donors (Lipinski definition) is 2. The van der Waals surface area contributed by atoms with Crippen LogP contribution in [0.4, 0.5) is 0 Å². The lowest BCUT2D eigenvalue weighted by Crippen LogP contribution is -2.36. The molecule has 0 amide bonds. The molecule has 2 aromatic heterocycles. The molecule has 0 aliphatic rings. The van der Waals surface area contributed by atoms with Crippen LogP contribution < -0.4 is 10.6 Å². The second kappa shape index (κ2) is 7.77. The van der Waals surface area contributed by atoms with E-state index in [2.05, 4.69) is 25.8 Å². The Labute approximate surface area is 128 Å². The summed E-state index contributed by atoms with van der Waals surface area (Å²) >= 11 is 0. The molecular weight excluding hydrogens is 359 g/mol. The van der Waals surface area contributed by atoms with Crippen LogP contribution in [-0.4, -0.2) is 28.0 Å². The minimum absolute atomic E-state index is 0. The fraction of sp³-hybridized carbons (Fsp3) is 0.364. The summed E-state index contributed by atoms with van der Waals surface area (Å²) in [6, 6.07) is 3.76. The van der Waals surface area contributed by atoms with Crippen molar-refractivity contribution in [1.29, 1.82) is 0 Å². The summed E-state index contributed by atoms with van der Waals surface area (Å²) < 4.78 is 5.22. The van der Waals surface area contributed by atoms with Gasteiger partial charge in [-0.2, -0.15) is 15.0 Å². The summed E-state index contributed by atoms with van der Waals surface area (Å²) in [5, 5.41) is 14.4. The number of halogens is 1. The number of aryl methyl sites for hydroxylation is 1. The number of aliphatic imine (C=N–C) groups is 1. The van der Waals surface area contributed by atoms with Crippen LogP contribution in [0.5, 0.6) is 0 Å². The molecule has 0 bridgehead atoms. The predicted molar refractivity (Wildman–Crippen MR) is 82.2 cm³/mol. The van der Waals surface area contributed by atoms with Crippen molar-refractivity contribution in [2.45, 2.75) is 13.1 Å². The first kappa shape index (κ1) is 15.5. The van der Waals surface area contributed by atoms with Gasteiger partial charge in [0.05, 0.1) is 25.5 Å². The predicted octanol–water partition coefficient (Wildman–Crippen LogP) is 0.891. The number of aromatic nitrogens is 3. The summed E-state index contributed by atoms with van der Waals surface area (Å²) in [5.74, 6) is 1.55. The van der Waals surface area contributed by atoms with Gasteiger partial charge < -0.3 is 15.1 Å². The van der Waals surface area contributed by atoms with E-state index >= 15 is 0 Å². The lowest BCUT2D eigenvalue weighted by molar-refractivity contribution is 0.501. The average molecular weight is 376 g/mol. The molecule has 2 N–H and O–H groups in total. The molecule has 2 heterocycles. The normalized spacial score (nSPS) is 10.9. The first-order valence-electron chi connectivity index (χ1n) is 5.60. The molecule has 2 aromatic rings. The first-order chi connectivity index (χ1) is 8.78. The third-order valence-corrected chi connectivity index (χ3v) is 2.32. The van der Waals surface area contributed by atoms with E-state index in [1.807, 2.05) is 12.1 Å². The molecule has 7 nitrogen and oxygen atoms in total. The van der Waals surface area contributed by atoms with Crippen LogP contribution in [0.15, 0.2) is 34.0 Å². The monoisotopic (exact) mass is 376 g/mol. The van der Waals surface area contributed by atoms with Crippen molar-refractivity contribution in [3.05, 3.63) is 36.0 Å². The Morgan fingerprint density at radius 1 is 1.42 bits per heavy atom. The van der Waals surface area contributed by atoms with E-state index < -0.39 is 0 Å². The van der Waals surface area contributed by atoms with E-state index in [-0.39, 0.29) is 24.0 Å². The molecule has 0 spiro atoms. The largest absolute Gasteiger partial charge is 0.467 e. The summed E-state index contributed by atoms with van der Waals surface area (Å²) in [6.45, 7) is 1.17. The molecule has 0 fully saturated rings. The Bertz CT molecular complexity index is 507. The van der Waals surface area contributed by atoms with Crippen LogP contribution in [0.3, 0.4) is 0 Å². The SMILES string of the molecule is CN=C(NCc1cnn(C)n1)NCc1ccco1.I. The second-order valence-electron chi connectivity index (χ2n) is 3.68. The van der Waals surface area contributed by atoms with Gasteiger partial charge in [0, 0.05) is 14.1 Å². The zero-order chi connectivity index (χ0) is 12.8. The highest BCUT2D eigenvalue weighted by atomic mass is 127. The van der Waals surface area contributed by atoms with Gasteiger partial charge in [0.25, 0.3) is 0 Å². The Hall–Kier alpha value is -1.58. The lowest BCUT2D eigenvalue weighted by atomic mass is 10.4. The van der Waals surface area contributed by atoms with Crippen LogP contribution in [-0.2, 0) is 20.1 Å². The fourth-order valence-corrected chi connectivity index (χ4v) is 1.45. The van der Waals surface area contributed by atoms with E-state index in [0.29, 0.717) is 19.0 Å². The molecule has 0 atom stereocenters. The molecule has 0 saturated heterocycles. The van der Waals surface area contributed by atoms with E-state index in [1.54, 1.807) is 26.6 Å². The Morgan fingerprint density at radius 3 is 2.79 bits per heavy atom. The van der Waals surface area contributed by atoms with Crippen LogP contribution in [0.1, 0.15) is 11.5 Å². The minimum atomic E-state index is 0. The maximum Gasteiger partial charge on any atom is 0.191 e. The number of furan rings is 1. The van der Waals surface area contributed by atoms with Crippen molar-refractivity contribution in [2.75, 3.05) is 7.05 Å². The zero-order valence-electron chi connectivity index (χ0n) is 10.8. The van der Waals surface area contributed by atoms with Crippen molar-refractivity contribution in [3.63, 3.8) is 0 Å². The van der Waals surface area contributed by atoms with E-state index in [9.17, 15) is 0 Å². The Morgan fingerprint density at radius 2 is 2.21 bits per heavy atom. The zero-order valence-corrected chi connectivity index (χ0v) is 13.2. The van der Waals surface area contributed by atoms with Gasteiger partial charge in [-0.05, 0) is 12.1 Å². The second-order valence-corrected chi connectivity index (χ2v) is 3.68. The van der Waals surface area contributed by atoms with Crippen molar-refractivity contribution >= 4 is 29.9 Å². The van der Waals surface area contributed by atoms with Crippen molar-refractivity contribution in [2.24, 2.45) is 12.0 Å². The number of nitrogens with one attached hydrogen (secondary N) is 2. The number of guanidine groups is 1. The summed E-state index contributed by atoms with van der Waals surface area (Å²) in [5.41, 5.74) is 0.860. The number of rotatable bonds is 4. The van der Waals surface area contributed by atoms with Gasteiger partial charge in [-0.1, -0.05) is 0 Å². The van der Waals surface area contributed by atoms with Crippen molar-refractivity contribution < 1.29 is 4.42 Å². The van der Waals surface area contributed by atoms with Crippen molar-refractivity contribution in [1.82, 2.24) is 25.6 Å². The topological polar surface area (TPSA) is 80.3 Å². The highest BCUT2D eigenvalue weighted by Crippen LogP contribution is 1.98. The van der Waals surface area contributed by atoms with Gasteiger partial charge in [0.1, 0.15) is 11.5 Å². The molecule has 0 radical (unpaired) electrons. The van der Waals surface area contributed by atoms with Crippen LogP contribution in [0.2, 0.25) is 0 Å². The standard InChI is InChI=1S/C11H16N6O.HI/c1-12-11(14-8-10-4-3-5-18-10)13-6-9-7-15-17(2)16-9;/h3-5,7H,6,8H2,1-2H3,(H2,12,13,14);1H. The van der Waals surface area contributed by atoms with Gasteiger partial charge in [-0.25, -0.2) is 0 Å². The first-order valence-corrected chi connectivity index (χ1v) is 5.60. The molecule has 0 unspecified atom stereocenters. The average Bonchev–Trinajstić information content (AvgIpc) is 3.01. The van der Waals surface area contributed by atoms with Gasteiger partial charge in [0.2, 0.25) is 0 Å². The lowest BCUT2D eigenvalue weighted by Gasteiger charge is -2.09. The summed E-state index contributed by atoms with van der Waals surface area (Å²) in [4.78, 5) is 5.63. The third-order valence-electron chi connectivity index (χ3n) is 2.32. The highest BCUT2D eigenvalue weighted by Gasteiger charge is 2.02. The molecule has 0 saturated carbocycles. The number of nitrogens with zero attached hydrogens (tertiary/aromatic N) is 4. The molecule has 0 aromatic carbocycles. The summed E-state index contributed by atoms with van der Waals surface area (Å²) in [6.07, 6.45) is 3.36. The molecule has 104 valence electrons. The molecule has 8 heteroatoms. The number of hydrogen-bond acceptors (Lipinski definition) is 4. The van der Waals surface area contributed by atoms with Gasteiger partial charge in [-0.15, -0.1) is 24.0 Å². The fourth-order valence-electron chi connectivity index (χ4n) is 1.45. The van der Waals surface area contributed by atoms with Crippen LogP contribution in [0.25, 0.3) is 0 Å². The van der Waals surface area contributed by atoms with Gasteiger partial charge in [-0.3, -0.25) is 4.99 Å². The maximum absolute atomic E-state index is 5.22. The van der Waals surface area contributed by atoms with E-state index in [4.69, 9.17) is 4.42 Å².